The standard InChI is InChI=1S/C15H14N2O2/c1-18-14-9-7-12(8-10-14)15-11-16-17(19-15)13-5-3-2-4-6-13/h2-11,16H,1H3. The van der Waals surface area contributed by atoms with Gasteiger partial charge in [-0.05, 0) is 36.4 Å². The van der Waals surface area contributed by atoms with Gasteiger partial charge in [0.1, 0.15) is 5.75 Å². The number of ether oxygens (including phenoxy) is 1. The minimum Gasteiger partial charge on any atom is -0.497 e. The predicted molar refractivity (Wildman–Crippen MR) is 74.1 cm³/mol. The molecule has 1 aliphatic heterocycles. The van der Waals surface area contributed by atoms with Gasteiger partial charge in [-0.15, -0.1) is 5.17 Å². The van der Waals surface area contributed by atoms with Crippen LogP contribution in [0.2, 0.25) is 0 Å². The molecule has 0 spiro atoms. The van der Waals surface area contributed by atoms with Crippen molar-refractivity contribution in [2.75, 3.05) is 12.3 Å². The summed E-state index contributed by atoms with van der Waals surface area (Å²) in [7, 11) is 1.65. The van der Waals surface area contributed by atoms with Crippen LogP contribution in [0.25, 0.3) is 5.76 Å². The highest BCUT2D eigenvalue weighted by Gasteiger charge is 2.17. The number of hydrogen-bond donors (Lipinski definition) is 1. The summed E-state index contributed by atoms with van der Waals surface area (Å²) >= 11 is 0. The molecule has 3 rings (SSSR count). The fraction of sp³-hybridized carbons (Fsp3) is 0.0667. The highest BCUT2D eigenvalue weighted by Crippen LogP contribution is 2.25. The number of hydrogen-bond acceptors (Lipinski definition) is 4. The summed E-state index contributed by atoms with van der Waals surface area (Å²) in [4.78, 5) is 5.75. The fourth-order valence-electron chi connectivity index (χ4n) is 1.85. The molecule has 0 radical (unpaired) electrons. The van der Waals surface area contributed by atoms with Crippen molar-refractivity contribution in [1.29, 1.82) is 0 Å². The van der Waals surface area contributed by atoms with Crippen LogP contribution in [-0.4, -0.2) is 7.11 Å². The van der Waals surface area contributed by atoms with Crippen LogP contribution in [-0.2, 0) is 4.84 Å². The highest BCUT2D eigenvalue weighted by molar-refractivity contribution is 5.63. The predicted octanol–water partition coefficient (Wildman–Crippen LogP) is 2.95. The van der Waals surface area contributed by atoms with Crippen LogP contribution in [0, 0.1) is 0 Å². The van der Waals surface area contributed by atoms with Gasteiger partial charge < -0.3 is 9.57 Å². The van der Waals surface area contributed by atoms with E-state index >= 15 is 0 Å². The lowest BCUT2D eigenvalue weighted by Gasteiger charge is -2.17. The molecular weight excluding hydrogens is 240 g/mol. The van der Waals surface area contributed by atoms with Crippen molar-refractivity contribution in [3.63, 3.8) is 0 Å². The molecule has 1 aliphatic rings. The first-order chi connectivity index (χ1) is 9.36. The number of para-hydroxylation sites is 1. The molecule has 0 saturated heterocycles. The molecule has 2 aromatic carbocycles. The first kappa shape index (κ1) is 11.5. The van der Waals surface area contributed by atoms with Gasteiger partial charge in [0.05, 0.1) is 19.0 Å². The van der Waals surface area contributed by atoms with Crippen molar-refractivity contribution in [2.24, 2.45) is 0 Å². The van der Waals surface area contributed by atoms with E-state index in [1.54, 1.807) is 12.3 Å². The van der Waals surface area contributed by atoms with E-state index in [4.69, 9.17) is 9.57 Å². The lowest BCUT2D eigenvalue weighted by molar-refractivity contribution is 0.243. The van der Waals surface area contributed by atoms with Crippen LogP contribution in [0.15, 0.2) is 60.8 Å². The smallest absolute Gasteiger partial charge is 0.182 e. The third-order valence-electron chi connectivity index (χ3n) is 2.87. The second kappa shape index (κ2) is 4.94. The minimum absolute atomic E-state index is 0.770. The van der Waals surface area contributed by atoms with E-state index in [-0.39, 0.29) is 0 Å². The fourth-order valence-corrected chi connectivity index (χ4v) is 1.85. The number of benzene rings is 2. The molecule has 0 fully saturated rings. The average molecular weight is 254 g/mol. The second-order valence-corrected chi connectivity index (χ2v) is 4.09. The molecule has 1 heterocycles. The zero-order valence-corrected chi connectivity index (χ0v) is 10.5. The number of hydrazine groups is 1. The number of methoxy groups -OCH3 is 1. The first-order valence-electron chi connectivity index (χ1n) is 6.01. The van der Waals surface area contributed by atoms with Crippen molar-refractivity contribution < 1.29 is 9.57 Å². The van der Waals surface area contributed by atoms with Gasteiger partial charge in [-0.1, -0.05) is 18.2 Å². The maximum atomic E-state index is 5.75. The van der Waals surface area contributed by atoms with Gasteiger partial charge in [-0.2, -0.15) is 0 Å². The molecule has 4 heteroatoms. The Hall–Kier alpha value is -2.62. The Morgan fingerprint density at radius 1 is 1.00 bits per heavy atom. The van der Waals surface area contributed by atoms with E-state index in [9.17, 15) is 0 Å². The van der Waals surface area contributed by atoms with E-state index in [1.165, 1.54) is 0 Å². The summed E-state index contributed by atoms with van der Waals surface area (Å²) in [5.41, 5.74) is 5.01. The van der Waals surface area contributed by atoms with Gasteiger partial charge in [0, 0.05) is 5.56 Å². The average Bonchev–Trinajstić information content (AvgIpc) is 2.98. The van der Waals surface area contributed by atoms with Gasteiger partial charge in [0.2, 0.25) is 0 Å². The Kier molecular flexibility index (Phi) is 2.98. The van der Waals surface area contributed by atoms with E-state index in [1.807, 2.05) is 60.8 Å². The number of anilines is 1. The minimum atomic E-state index is 0.770. The van der Waals surface area contributed by atoms with E-state index in [2.05, 4.69) is 5.43 Å². The molecule has 0 saturated carbocycles. The Bertz CT molecular complexity index is 579. The summed E-state index contributed by atoms with van der Waals surface area (Å²) in [5, 5.41) is 1.62. The third kappa shape index (κ3) is 2.33. The SMILES string of the molecule is COc1ccc(C2=CNN(c3ccccc3)O2)cc1. The largest absolute Gasteiger partial charge is 0.497 e. The van der Waals surface area contributed by atoms with Crippen molar-refractivity contribution >= 4 is 11.4 Å². The molecule has 0 atom stereocenters. The van der Waals surface area contributed by atoms with Crippen LogP contribution >= 0.6 is 0 Å². The van der Waals surface area contributed by atoms with Crippen LogP contribution in [0.5, 0.6) is 5.75 Å². The van der Waals surface area contributed by atoms with Crippen molar-refractivity contribution in [3.05, 3.63) is 66.4 Å². The van der Waals surface area contributed by atoms with Crippen LogP contribution in [0.1, 0.15) is 5.56 Å². The van der Waals surface area contributed by atoms with E-state index in [0.717, 1.165) is 22.8 Å². The quantitative estimate of drug-likeness (QED) is 0.913. The zero-order valence-electron chi connectivity index (χ0n) is 10.5. The zero-order chi connectivity index (χ0) is 13.1. The molecular formula is C15H14N2O2. The van der Waals surface area contributed by atoms with Gasteiger partial charge in [-0.3, -0.25) is 5.43 Å². The number of nitrogens with one attached hydrogen (secondary N) is 1. The Balaban J connectivity index is 1.74. The normalized spacial score (nSPS) is 13.5. The summed E-state index contributed by atoms with van der Waals surface area (Å²) in [6.45, 7) is 0. The van der Waals surface area contributed by atoms with E-state index < -0.39 is 0 Å². The maximum Gasteiger partial charge on any atom is 0.182 e. The lowest BCUT2D eigenvalue weighted by Crippen LogP contribution is -2.27. The molecule has 4 nitrogen and oxygen atoms in total. The highest BCUT2D eigenvalue weighted by atomic mass is 16.7. The van der Waals surface area contributed by atoms with Gasteiger partial charge >= 0.3 is 0 Å². The van der Waals surface area contributed by atoms with Gasteiger partial charge in [0.15, 0.2) is 5.76 Å². The summed E-state index contributed by atoms with van der Waals surface area (Å²) in [5.74, 6) is 1.60. The first-order valence-corrected chi connectivity index (χ1v) is 6.01. The van der Waals surface area contributed by atoms with E-state index in [0.29, 0.717) is 0 Å². The number of rotatable bonds is 3. The lowest BCUT2D eigenvalue weighted by atomic mass is 10.2. The topological polar surface area (TPSA) is 33.7 Å². The molecule has 0 aliphatic carbocycles. The number of nitrogens with zero attached hydrogens (tertiary/aromatic N) is 1. The van der Waals surface area contributed by atoms with Crippen LogP contribution in [0.3, 0.4) is 0 Å². The molecule has 0 amide bonds. The Labute approximate surface area is 111 Å². The van der Waals surface area contributed by atoms with Gasteiger partial charge in [-0.25, -0.2) is 0 Å². The van der Waals surface area contributed by atoms with Crippen molar-refractivity contribution in [3.8, 4) is 5.75 Å². The Morgan fingerprint density at radius 2 is 1.74 bits per heavy atom. The summed E-state index contributed by atoms with van der Waals surface area (Å²) in [6.07, 6.45) is 1.83. The van der Waals surface area contributed by atoms with Crippen LogP contribution in [0.4, 0.5) is 5.69 Å². The summed E-state index contributed by atoms with van der Waals surface area (Å²) in [6, 6.07) is 17.6. The van der Waals surface area contributed by atoms with Crippen molar-refractivity contribution in [1.82, 2.24) is 5.43 Å². The molecule has 19 heavy (non-hydrogen) atoms. The van der Waals surface area contributed by atoms with Crippen LogP contribution < -0.4 is 15.3 Å². The maximum absolute atomic E-state index is 5.75. The molecule has 1 N–H and O–H groups in total. The summed E-state index contributed by atoms with van der Waals surface area (Å²) < 4.78 is 5.14. The molecule has 2 aromatic rings. The molecule has 96 valence electrons. The van der Waals surface area contributed by atoms with Gasteiger partial charge in [0.25, 0.3) is 0 Å². The molecule has 0 unspecified atom stereocenters. The Morgan fingerprint density at radius 3 is 2.42 bits per heavy atom. The second-order valence-electron chi connectivity index (χ2n) is 4.09. The van der Waals surface area contributed by atoms with Crippen molar-refractivity contribution in [2.45, 2.75) is 0 Å². The monoisotopic (exact) mass is 254 g/mol. The third-order valence-corrected chi connectivity index (χ3v) is 2.87. The molecule has 0 bridgehead atoms. The molecule has 0 aromatic heterocycles.